The number of benzene rings is 2. The van der Waals surface area contributed by atoms with Crippen LogP contribution < -0.4 is 14.8 Å². The summed E-state index contributed by atoms with van der Waals surface area (Å²) in [6.45, 7) is -0.00425. The van der Waals surface area contributed by atoms with Gasteiger partial charge in [-0.1, -0.05) is 12.1 Å². The van der Waals surface area contributed by atoms with Gasteiger partial charge in [-0.15, -0.1) is 0 Å². The average Bonchev–Trinajstić information content (AvgIpc) is 2.71. The third-order valence-electron chi connectivity index (χ3n) is 4.27. The maximum atomic E-state index is 12.9. The fraction of sp³-hybridized carbons (Fsp3) is 0.150. The summed E-state index contributed by atoms with van der Waals surface area (Å²) in [7, 11) is 2.94. The molecule has 1 fully saturated rings. The Morgan fingerprint density at radius 3 is 2.41 bits per heavy atom. The van der Waals surface area contributed by atoms with Crippen LogP contribution in [0.1, 0.15) is 11.1 Å². The van der Waals surface area contributed by atoms with Crippen molar-refractivity contribution in [3.05, 3.63) is 56.7 Å². The Morgan fingerprint density at radius 2 is 1.79 bits per heavy atom. The number of nitrogens with zero attached hydrogens (tertiary/aromatic N) is 1. The minimum atomic E-state index is -0.786. The van der Waals surface area contributed by atoms with Crippen LogP contribution in [0.2, 0.25) is 0 Å². The molecule has 3 rings (SSSR count). The molecule has 1 saturated heterocycles. The first-order chi connectivity index (χ1) is 13.8. The molecule has 2 aromatic carbocycles. The van der Waals surface area contributed by atoms with Gasteiger partial charge in [0.05, 0.1) is 24.3 Å². The summed E-state index contributed by atoms with van der Waals surface area (Å²) in [5.41, 5.74) is 0.979. The van der Waals surface area contributed by atoms with Crippen LogP contribution in [-0.4, -0.2) is 42.1 Å². The fourth-order valence-corrected chi connectivity index (χ4v) is 3.38. The van der Waals surface area contributed by atoms with E-state index >= 15 is 0 Å². The van der Waals surface area contributed by atoms with Crippen molar-refractivity contribution < 1.29 is 29.0 Å². The minimum Gasteiger partial charge on any atom is -0.504 e. The van der Waals surface area contributed by atoms with Gasteiger partial charge in [0.2, 0.25) is 0 Å². The Morgan fingerprint density at radius 1 is 1.10 bits per heavy atom. The standard InChI is InChI=1S/C20H17IN2O6/c1-28-13-5-3-11(4-6-13)10-23-19(26)14(18(25)22-20(23)27)7-12-8-15(21)17(24)16(9-12)29-2/h3-9,24H,10H2,1-2H3,(H,22,25,27). The monoisotopic (exact) mass is 508 g/mol. The Hall–Kier alpha value is -3.08. The molecular weight excluding hydrogens is 491 g/mol. The zero-order chi connectivity index (χ0) is 21.1. The molecule has 8 nitrogen and oxygen atoms in total. The molecule has 4 amide bonds. The Kier molecular flexibility index (Phi) is 6.06. The SMILES string of the molecule is COc1ccc(CN2C(=O)NC(=O)C(=Cc3cc(I)c(O)c(OC)c3)C2=O)cc1. The molecule has 0 saturated carbocycles. The van der Waals surface area contributed by atoms with Gasteiger partial charge in [0, 0.05) is 0 Å². The highest BCUT2D eigenvalue weighted by Gasteiger charge is 2.35. The van der Waals surface area contributed by atoms with Gasteiger partial charge in [0.1, 0.15) is 11.3 Å². The van der Waals surface area contributed by atoms with Gasteiger partial charge in [-0.05, 0) is 64.1 Å². The number of phenolic OH excluding ortho intramolecular Hbond substituents is 1. The maximum absolute atomic E-state index is 12.9. The minimum absolute atomic E-state index is 0.00425. The topological polar surface area (TPSA) is 105 Å². The van der Waals surface area contributed by atoms with Gasteiger partial charge in [0.25, 0.3) is 11.8 Å². The van der Waals surface area contributed by atoms with Crippen molar-refractivity contribution in [3.8, 4) is 17.2 Å². The van der Waals surface area contributed by atoms with Crippen molar-refractivity contribution in [2.45, 2.75) is 6.54 Å². The van der Waals surface area contributed by atoms with Gasteiger partial charge in [0.15, 0.2) is 11.5 Å². The number of rotatable bonds is 5. The summed E-state index contributed by atoms with van der Waals surface area (Å²) in [6, 6.07) is 9.19. The summed E-state index contributed by atoms with van der Waals surface area (Å²) in [6.07, 6.45) is 1.36. The smallest absolute Gasteiger partial charge is 0.331 e. The molecule has 2 N–H and O–H groups in total. The van der Waals surface area contributed by atoms with Crippen LogP contribution in [0, 0.1) is 3.57 Å². The number of barbiturate groups is 1. The number of carbonyl (C=O) groups excluding carboxylic acids is 3. The molecule has 0 bridgehead atoms. The number of imide groups is 2. The quantitative estimate of drug-likeness (QED) is 0.366. The zero-order valence-electron chi connectivity index (χ0n) is 15.6. The fourth-order valence-electron chi connectivity index (χ4n) is 2.75. The second-order valence-electron chi connectivity index (χ2n) is 6.11. The van der Waals surface area contributed by atoms with Gasteiger partial charge in [-0.3, -0.25) is 19.8 Å². The predicted molar refractivity (Wildman–Crippen MR) is 112 cm³/mol. The first-order valence-electron chi connectivity index (χ1n) is 8.42. The molecule has 0 aromatic heterocycles. The number of hydrogen-bond donors (Lipinski definition) is 2. The number of aromatic hydroxyl groups is 1. The van der Waals surface area contributed by atoms with Crippen LogP contribution >= 0.6 is 22.6 Å². The Bertz CT molecular complexity index is 1020. The van der Waals surface area contributed by atoms with Crippen molar-refractivity contribution in [1.82, 2.24) is 10.2 Å². The second kappa shape index (κ2) is 8.52. The number of hydrogen-bond acceptors (Lipinski definition) is 6. The number of phenols is 1. The summed E-state index contributed by atoms with van der Waals surface area (Å²) in [4.78, 5) is 38.3. The van der Waals surface area contributed by atoms with Crippen LogP contribution in [0.3, 0.4) is 0 Å². The van der Waals surface area contributed by atoms with Crippen LogP contribution in [0.25, 0.3) is 6.08 Å². The number of halogens is 1. The normalized spacial score (nSPS) is 15.5. The third-order valence-corrected chi connectivity index (χ3v) is 5.09. The lowest BCUT2D eigenvalue weighted by Crippen LogP contribution is -2.53. The summed E-state index contributed by atoms with van der Waals surface area (Å²) < 4.78 is 10.7. The van der Waals surface area contributed by atoms with E-state index in [1.807, 2.05) is 22.6 Å². The summed E-state index contributed by atoms with van der Waals surface area (Å²) >= 11 is 1.91. The second-order valence-corrected chi connectivity index (χ2v) is 7.27. The molecule has 150 valence electrons. The Labute approximate surface area is 180 Å². The molecule has 1 aliphatic rings. The summed E-state index contributed by atoms with van der Waals surface area (Å²) in [5.74, 6) is -0.677. The van der Waals surface area contributed by atoms with Crippen molar-refractivity contribution in [2.24, 2.45) is 0 Å². The van der Waals surface area contributed by atoms with E-state index in [1.54, 1.807) is 37.4 Å². The molecular formula is C20H17IN2O6. The highest BCUT2D eigenvalue weighted by Crippen LogP contribution is 2.33. The van der Waals surface area contributed by atoms with Gasteiger partial charge < -0.3 is 14.6 Å². The van der Waals surface area contributed by atoms with E-state index < -0.39 is 17.8 Å². The first kappa shape index (κ1) is 20.6. The highest BCUT2D eigenvalue weighted by atomic mass is 127. The van der Waals surface area contributed by atoms with Crippen molar-refractivity contribution in [3.63, 3.8) is 0 Å². The first-order valence-corrected chi connectivity index (χ1v) is 9.50. The Balaban J connectivity index is 1.92. The molecule has 0 spiro atoms. The van der Waals surface area contributed by atoms with Crippen LogP contribution in [0.15, 0.2) is 42.0 Å². The van der Waals surface area contributed by atoms with Gasteiger partial charge >= 0.3 is 6.03 Å². The number of urea groups is 1. The number of nitrogens with one attached hydrogen (secondary N) is 1. The predicted octanol–water partition coefficient (Wildman–Crippen LogP) is 2.68. The number of carbonyl (C=O) groups is 3. The van der Waals surface area contributed by atoms with Gasteiger partial charge in [-0.2, -0.15) is 0 Å². The molecule has 2 aromatic rings. The van der Waals surface area contributed by atoms with Crippen LogP contribution in [0.4, 0.5) is 4.79 Å². The van der Waals surface area contributed by atoms with Crippen LogP contribution in [0.5, 0.6) is 17.2 Å². The van der Waals surface area contributed by atoms with Crippen molar-refractivity contribution in [2.75, 3.05) is 14.2 Å². The van der Waals surface area contributed by atoms with E-state index in [-0.39, 0.29) is 23.6 Å². The molecule has 1 heterocycles. The molecule has 9 heteroatoms. The molecule has 29 heavy (non-hydrogen) atoms. The molecule has 0 unspecified atom stereocenters. The average molecular weight is 508 g/mol. The van der Waals surface area contributed by atoms with E-state index in [1.165, 1.54) is 19.3 Å². The molecule has 0 atom stereocenters. The largest absolute Gasteiger partial charge is 0.504 e. The van der Waals surface area contributed by atoms with Crippen molar-refractivity contribution >= 4 is 46.5 Å². The lowest BCUT2D eigenvalue weighted by Gasteiger charge is -2.26. The number of ether oxygens (including phenoxy) is 2. The molecule has 1 aliphatic heterocycles. The van der Waals surface area contributed by atoms with Gasteiger partial charge in [-0.25, -0.2) is 4.79 Å². The van der Waals surface area contributed by atoms with Crippen molar-refractivity contribution in [1.29, 1.82) is 0 Å². The van der Waals surface area contributed by atoms with E-state index in [0.717, 1.165) is 4.90 Å². The van der Waals surface area contributed by atoms with E-state index in [2.05, 4.69) is 5.32 Å². The third kappa shape index (κ3) is 4.34. The lowest BCUT2D eigenvalue weighted by molar-refractivity contribution is -0.130. The maximum Gasteiger partial charge on any atom is 0.331 e. The molecule has 0 aliphatic carbocycles. The lowest BCUT2D eigenvalue weighted by atomic mass is 10.1. The van der Waals surface area contributed by atoms with E-state index in [0.29, 0.717) is 20.4 Å². The number of methoxy groups -OCH3 is 2. The summed E-state index contributed by atoms with van der Waals surface area (Å²) in [5, 5.41) is 12.1. The van der Waals surface area contributed by atoms with E-state index in [4.69, 9.17) is 9.47 Å². The van der Waals surface area contributed by atoms with E-state index in [9.17, 15) is 19.5 Å². The highest BCUT2D eigenvalue weighted by molar-refractivity contribution is 14.1. The molecule has 0 radical (unpaired) electrons. The number of amides is 4. The van der Waals surface area contributed by atoms with Crippen LogP contribution in [-0.2, 0) is 16.1 Å². The zero-order valence-corrected chi connectivity index (χ0v) is 17.7.